The molecule has 2 nitrogen and oxygen atoms in total. The molecule has 0 fully saturated rings. The summed E-state index contributed by atoms with van der Waals surface area (Å²) >= 11 is 3.34. The molecular formula is C15H12BrFN2. The third-order valence-corrected chi connectivity index (χ3v) is 3.51. The molecule has 1 atom stereocenters. The van der Waals surface area contributed by atoms with Crippen LogP contribution in [0.1, 0.15) is 24.1 Å². The molecule has 0 amide bonds. The number of benzene rings is 2. The summed E-state index contributed by atoms with van der Waals surface area (Å²) in [6.45, 7) is 1.93. The molecule has 0 heterocycles. The first-order chi connectivity index (χ1) is 9.11. The zero-order valence-corrected chi connectivity index (χ0v) is 11.9. The molecule has 0 radical (unpaired) electrons. The van der Waals surface area contributed by atoms with Crippen LogP contribution in [0.4, 0.5) is 10.1 Å². The molecule has 0 saturated heterocycles. The van der Waals surface area contributed by atoms with E-state index in [4.69, 9.17) is 5.26 Å². The average molecular weight is 319 g/mol. The van der Waals surface area contributed by atoms with Gasteiger partial charge in [0.05, 0.1) is 11.3 Å². The van der Waals surface area contributed by atoms with Crippen molar-refractivity contribution in [1.82, 2.24) is 0 Å². The highest BCUT2D eigenvalue weighted by molar-refractivity contribution is 9.10. The van der Waals surface area contributed by atoms with Gasteiger partial charge in [0.25, 0.3) is 0 Å². The summed E-state index contributed by atoms with van der Waals surface area (Å²) in [7, 11) is 0. The summed E-state index contributed by atoms with van der Waals surface area (Å²) < 4.78 is 13.9. The van der Waals surface area contributed by atoms with Crippen molar-refractivity contribution in [2.45, 2.75) is 13.0 Å². The van der Waals surface area contributed by atoms with Crippen LogP contribution in [0.15, 0.2) is 46.9 Å². The number of halogens is 2. The molecule has 1 unspecified atom stereocenters. The Hall–Kier alpha value is -1.86. The van der Waals surface area contributed by atoms with E-state index in [0.717, 1.165) is 15.7 Å². The van der Waals surface area contributed by atoms with Gasteiger partial charge < -0.3 is 5.32 Å². The molecule has 0 saturated carbocycles. The molecule has 0 spiro atoms. The average Bonchev–Trinajstić information content (AvgIpc) is 2.39. The Labute approximate surface area is 120 Å². The van der Waals surface area contributed by atoms with Gasteiger partial charge in [0.15, 0.2) is 0 Å². The summed E-state index contributed by atoms with van der Waals surface area (Å²) in [5.41, 5.74) is 2.11. The Morgan fingerprint density at radius 2 is 2.00 bits per heavy atom. The van der Waals surface area contributed by atoms with Crippen molar-refractivity contribution in [3.05, 3.63) is 63.9 Å². The fraction of sp³-hybridized carbons (Fsp3) is 0.133. The zero-order valence-electron chi connectivity index (χ0n) is 10.3. The maximum Gasteiger partial charge on any atom is 0.123 e. The highest BCUT2D eigenvalue weighted by atomic mass is 79.9. The Morgan fingerprint density at radius 3 is 2.68 bits per heavy atom. The molecule has 2 rings (SSSR count). The number of rotatable bonds is 3. The van der Waals surface area contributed by atoms with Gasteiger partial charge in [0.2, 0.25) is 0 Å². The van der Waals surface area contributed by atoms with E-state index in [1.165, 1.54) is 12.1 Å². The van der Waals surface area contributed by atoms with Gasteiger partial charge in [0.1, 0.15) is 11.9 Å². The van der Waals surface area contributed by atoms with Gasteiger partial charge in [-0.25, -0.2) is 4.39 Å². The van der Waals surface area contributed by atoms with E-state index in [-0.39, 0.29) is 11.9 Å². The van der Waals surface area contributed by atoms with E-state index in [0.29, 0.717) is 5.56 Å². The summed E-state index contributed by atoms with van der Waals surface area (Å²) in [5, 5.41) is 12.4. The van der Waals surface area contributed by atoms with Gasteiger partial charge in [-0.2, -0.15) is 5.26 Å². The highest BCUT2D eigenvalue weighted by Crippen LogP contribution is 2.27. The minimum absolute atomic E-state index is 0.0860. The zero-order chi connectivity index (χ0) is 13.8. The number of nitriles is 1. The van der Waals surface area contributed by atoms with Crippen LogP contribution in [-0.4, -0.2) is 0 Å². The summed E-state index contributed by atoms with van der Waals surface area (Å²) in [4.78, 5) is 0. The predicted molar refractivity (Wildman–Crippen MR) is 77.3 cm³/mol. The molecule has 0 bridgehead atoms. The van der Waals surface area contributed by atoms with E-state index < -0.39 is 0 Å². The van der Waals surface area contributed by atoms with Crippen LogP contribution in [-0.2, 0) is 0 Å². The van der Waals surface area contributed by atoms with E-state index in [2.05, 4.69) is 27.3 Å². The standard InChI is InChI=1S/C15H12BrFN2/c1-10(11-4-2-5-12(17)8-11)19-15-7-3-6-14(16)13(15)9-18/h2-8,10,19H,1H3. The first-order valence-corrected chi connectivity index (χ1v) is 6.61. The van der Waals surface area contributed by atoms with Crippen molar-refractivity contribution < 1.29 is 4.39 Å². The first-order valence-electron chi connectivity index (χ1n) is 5.82. The number of hydrogen-bond acceptors (Lipinski definition) is 2. The Balaban J connectivity index is 2.27. The lowest BCUT2D eigenvalue weighted by Gasteiger charge is -2.17. The molecule has 0 aromatic heterocycles. The second kappa shape index (κ2) is 5.85. The number of anilines is 1. The molecule has 1 N–H and O–H groups in total. The van der Waals surface area contributed by atoms with Gasteiger partial charge in [0, 0.05) is 10.5 Å². The summed E-state index contributed by atoms with van der Waals surface area (Å²) in [6.07, 6.45) is 0. The van der Waals surface area contributed by atoms with Crippen LogP contribution in [0.3, 0.4) is 0 Å². The van der Waals surface area contributed by atoms with Gasteiger partial charge in [-0.3, -0.25) is 0 Å². The van der Waals surface area contributed by atoms with Crippen molar-refractivity contribution in [1.29, 1.82) is 5.26 Å². The molecule has 2 aromatic carbocycles. The monoisotopic (exact) mass is 318 g/mol. The van der Waals surface area contributed by atoms with Gasteiger partial charge in [-0.1, -0.05) is 18.2 Å². The summed E-state index contributed by atoms with van der Waals surface area (Å²) in [6, 6.07) is 14.0. The third-order valence-electron chi connectivity index (χ3n) is 2.85. The topological polar surface area (TPSA) is 35.8 Å². The largest absolute Gasteiger partial charge is 0.377 e. The third kappa shape index (κ3) is 3.12. The molecule has 0 aliphatic rings. The molecule has 96 valence electrons. The lowest BCUT2D eigenvalue weighted by Crippen LogP contribution is -2.08. The van der Waals surface area contributed by atoms with Crippen molar-refractivity contribution in [3.63, 3.8) is 0 Å². The molecule has 4 heteroatoms. The van der Waals surface area contributed by atoms with Crippen LogP contribution in [0.25, 0.3) is 0 Å². The molecular weight excluding hydrogens is 307 g/mol. The Bertz CT molecular complexity index is 634. The number of nitrogens with one attached hydrogen (secondary N) is 1. The van der Waals surface area contributed by atoms with Crippen LogP contribution in [0, 0.1) is 17.1 Å². The maximum absolute atomic E-state index is 13.2. The quantitative estimate of drug-likeness (QED) is 0.895. The van der Waals surface area contributed by atoms with Crippen LogP contribution in [0.2, 0.25) is 0 Å². The van der Waals surface area contributed by atoms with Crippen LogP contribution < -0.4 is 5.32 Å². The molecule has 19 heavy (non-hydrogen) atoms. The minimum Gasteiger partial charge on any atom is -0.377 e. The van der Waals surface area contributed by atoms with Crippen LogP contribution in [0.5, 0.6) is 0 Å². The van der Waals surface area contributed by atoms with Gasteiger partial charge in [-0.15, -0.1) is 0 Å². The van der Waals surface area contributed by atoms with Gasteiger partial charge >= 0.3 is 0 Å². The lowest BCUT2D eigenvalue weighted by atomic mass is 10.1. The Kier molecular flexibility index (Phi) is 4.18. The smallest absolute Gasteiger partial charge is 0.123 e. The number of hydrogen-bond donors (Lipinski definition) is 1. The first kappa shape index (κ1) is 13.6. The van der Waals surface area contributed by atoms with Crippen molar-refractivity contribution in [2.24, 2.45) is 0 Å². The molecule has 0 aliphatic heterocycles. The SMILES string of the molecule is CC(Nc1cccc(Br)c1C#N)c1cccc(F)c1. The Morgan fingerprint density at radius 1 is 1.26 bits per heavy atom. The fourth-order valence-corrected chi connectivity index (χ4v) is 2.31. The molecule has 0 aliphatic carbocycles. The van der Waals surface area contributed by atoms with Crippen molar-refractivity contribution >= 4 is 21.6 Å². The molecule has 2 aromatic rings. The lowest BCUT2D eigenvalue weighted by molar-refractivity contribution is 0.623. The van der Waals surface area contributed by atoms with Crippen molar-refractivity contribution in [2.75, 3.05) is 5.32 Å². The van der Waals surface area contributed by atoms with E-state index in [1.807, 2.05) is 31.2 Å². The van der Waals surface area contributed by atoms with E-state index in [1.54, 1.807) is 6.07 Å². The number of nitrogens with zero attached hydrogens (tertiary/aromatic N) is 1. The predicted octanol–water partition coefficient (Wildman–Crippen LogP) is 4.63. The second-order valence-electron chi connectivity index (χ2n) is 4.20. The van der Waals surface area contributed by atoms with Crippen molar-refractivity contribution in [3.8, 4) is 6.07 Å². The highest BCUT2D eigenvalue weighted by Gasteiger charge is 2.10. The van der Waals surface area contributed by atoms with E-state index >= 15 is 0 Å². The van der Waals surface area contributed by atoms with Gasteiger partial charge in [-0.05, 0) is 52.7 Å². The minimum atomic E-state index is -0.263. The second-order valence-corrected chi connectivity index (χ2v) is 5.05. The maximum atomic E-state index is 13.2. The van der Waals surface area contributed by atoms with E-state index in [9.17, 15) is 4.39 Å². The fourth-order valence-electron chi connectivity index (χ4n) is 1.85. The van der Waals surface area contributed by atoms with Crippen LogP contribution >= 0.6 is 15.9 Å². The normalized spacial score (nSPS) is 11.7. The summed E-state index contributed by atoms with van der Waals surface area (Å²) in [5.74, 6) is -0.263.